The number of aromatic amines is 1. The van der Waals surface area contributed by atoms with Gasteiger partial charge < -0.3 is 15.0 Å². The summed E-state index contributed by atoms with van der Waals surface area (Å²) in [6.45, 7) is 1.60. The van der Waals surface area contributed by atoms with Crippen LogP contribution in [0.3, 0.4) is 0 Å². The monoisotopic (exact) mass is 591 g/mol. The van der Waals surface area contributed by atoms with Crippen molar-refractivity contribution in [3.05, 3.63) is 103 Å². The molecule has 0 aliphatic carbocycles. The highest BCUT2D eigenvalue weighted by atomic mass is 35.5. The lowest BCUT2D eigenvalue weighted by Crippen LogP contribution is -2.32. The third-order valence-corrected chi connectivity index (χ3v) is 9.56. The summed E-state index contributed by atoms with van der Waals surface area (Å²) in [5, 5.41) is 3.02. The van der Waals surface area contributed by atoms with Crippen LogP contribution in [0.4, 0.5) is 11.4 Å². The predicted octanol–water partition coefficient (Wildman–Crippen LogP) is 5.21. The van der Waals surface area contributed by atoms with Gasteiger partial charge in [0.15, 0.2) is 6.61 Å². The number of anilines is 2. The number of halogens is 1. The highest BCUT2D eigenvalue weighted by Gasteiger charge is 2.56. The number of aryl methyl sites for hydroxylation is 1. The van der Waals surface area contributed by atoms with Crippen LogP contribution < -0.4 is 19.8 Å². The van der Waals surface area contributed by atoms with Crippen LogP contribution in [0.2, 0.25) is 5.02 Å². The maximum Gasteiger partial charge on any atom is 0.305 e. The van der Waals surface area contributed by atoms with Crippen molar-refractivity contribution in [1.82, 2.24) is 4.98 Å². The largest absolute Gasteiger partial charge is 0.483 e. The lowest BCUT2D eigenvalue weighted by atomic mass is 9.82. The average Bonchev–Trinajstić information content (AvgIpc) is 3.43. The molecule has 11 heteroatoms. The van der Waals surface area contributed by atoms with Gasteiger partial charge in [-0.1, -0.05) is 71.1 Å². The lowest BCUT2D eigenvalue weighted by Gasteiger charge is -2.31. The van der Waals surface area contributed by atoms with E-state index in [1.807, 2.05) is 31.2 Å². The van der Waals surface area contributed by atoms with Crippen molar-refractivity contribution in [2.45, 2.75) is 23.1 Å². The number of aromatic nitrogens is 1. The summed E-state index contributed by atoms with van der Waals surface area (Å²) in [6.07, 6.45) is 0. The van der Waals surface area contributed by atoms with E-state index in [4.69, 9.17) is 16.3 Å². The van der Waals surface area contributed by atoms with Crippen molar-refractivity contribution in [2.75, 3.05) is 16.8 Å². The Balaban J connectivity index is 1.37. The molecule has 40 heavy (non-hydrogen) atoms. The zero-order valence-corrected chi connectivity index (χ0v) is 23.4. The van der Waals surface area contributed by atoms with Crippen molar-refractivity contribution in [2.24, 2.45) is 5.92 Å². The molecule has 1 fully saturated rings. The minimum Gasteiger partial charge on any atom is -0.483 e. The van der Waals surface area contributed by atoms with Crippen molar-refractivity contribution in [3.8, 4) is 5.75 Å². The molecule has 2 N–H and O–H groups in total. The quantitative estimate of drug-likeness (QED) is 0.298. The number of thiazole rings is 1. The van der Waals surface area contributed by atoms with Gasteiger partial charge >= 0.3 is 4.87 Å². The number of benzene rings is 3. The van der Waals surface area contributed by atoms with Gasteiger partial charge in [-0.15, -0.1) is 0 Å². The number of H-pyrrole nitrogens is 1. The number of rotatable bonds is 6. The van der Waals surface area contributed by atoms with Crippen molar-refractivity contribution in [1.29, 1.82) is 0 Å². The van der Waals surface area contributed by atoms with Crippen LogP contribution in [0.15, 0.2) is 82.6 Å². The van der Waals surface area contributed by atoms with Gasteiger partial charge in [0.1, 0.15) is 11.0 Å². The first-order valence-electron chi connectivity index (χ1n) is 12.4. The summed E-state index contributed by atoms with van der Waals surface area (Å²) in [5.41, 5.74) is 2.60. The summed E-state index contributed by atoms with van der Waals surface area (Å²) in [5.74, 6) is -2.24. The molecule has 1 aromatic heterocycles. The summed E-state index contributed by atoms with van der Waals surface area (Å²) in [7, 11) is 0. The Bertz CT molecular complexity index is 1700. The van der Waals surface area contributed by atoms with Gasteiger partial charge in [0.2, 0.25) is 11.8 Å². The molecule has 8 nitrogen and oxygen atoms in total. The number of ether oxygens (including phenoxy) is 1. The Morgan fingerprint density at radius 1 is 1.02 bits per heavy atom. The number of nitrogens with zero attached hydrogens (tertiary/aromatic N) is 1. The van der Waals surface area contributed by atoms with E-state index in [0.717, 1.165) is 16.9 Å². The summed E-state index contributed by atoms with van der Waals surface area (Å²) < 4.78 is 5.99. The first-order valence-corrected chi connectivity index (χ1v) is 14.5. The normalized spacial score (nSPS) is 19.8. The molecule has 202 valence electrons. The topological polar surface area (TPSA) is 109 Å². The first kappa shape index (κ1) is 26.4. The number of amides is 3. The molecule has 0 spiro atoms. The molecule has 3 heterocycles. The van der Waals surface area contributed by atoms with Crippen molar-refractivity contribution >= 4 is 63.8 Å². The fraction of sp³-hybridized carbons (Fsp3) is 0.172. The van der Waals surface area contributed by atoms with Gasteiger partial charge in [0.25, 0.3) is 5.91 Å². The molecule has 1 saturated heterocycles. The van der Waals surface area contributed by atoms with Gasteiger partial charge in [-0.05, 0) is 48.9 Å². The number of imide groups is 1. The van der Waals surface area contributed by atoms with Gasteiger partial charge in [0.05, 0.1) is 16.6 Å². The second-order valence-electron chi connectivity index (χ2n) is 9.43. The Morgan fingerprint density at radius 2 is 1.77 bits per heavy atom. The Morgan fingerprint density at radius 3 is 2.55 bits per heavy atom. The predicted molar refractivity (Wildman–Crippen MR) is 156 cm³/mol. The molecule has 3 atom stereocenters. The molecule has 3 amide bonds. The Labute approximate surface area is 242 Å². The molecule has 0 radical (unpaired) electrons. The number of carbonyl (C=O) groups excluding carboxylic acids is 3. The van der Waals surface area contributed by atoms with Crippen LogP contribution in [0.1, 0.15) is 21.9 Å². The molecule has 6 rings (SSSR count). The van der Waals surface area contributed by atoms with E-state index >= 15 is 0 Å². The Kier molecular flexibility index (Phi) is 6.99. The molecule has 0 bridgehead atoms. The van der Waals surface area contributed by atoms with Gasteiger partial charge in [-0.3, -0.25) is 19.2 Å². The third kappa shape index (κ3) is 4.72. The van der Waals surface area contributed by atoms with E-state index in [-0.39, 0.29) is 29.2 Å². The number of hydrogen-bond acceptors (Lipinski definition) is 7. The molecule has 4 aromatic rings. The number of fused-ring (bicyclic) bond motifs is 2. The van der Waals surface area contributed by atoms with Crippen LogP contribution in [0, 0.1) is 12.8 Å². The standard InChI is InChI=1S/C29H22ClN3O5S2/c1-15-7-5-6-10-19(15)31-21(34)14-38-20-12-11-16(30)13-18(20)22-23-25(39-26-24(22)40-29(37)32-26)28(36)33(27(23)35)17-8-3-2-4-9-17/h2-13,22-23,25H,14H2,1H3,(H,31,34)(H,32,37)/t22-,23?,25?/m1/s1. The van der Waals surface area contributed by atoms with Gasteiger partial charge in [-0.2, -0.15) is 0 Å². The van der Waals surface area contributed by atoms with Crippen LogP contribution >= 0.6 is 34.7 Å². The van der Waals surface area contributed by atoms with E-state index in [9.17, 15) is 19.2 Å². The van der Waals surface area contributed by atoms with Crippen molar-refractivity contribution in [3.63, 3.8) is 0 Å². The highest BCUT2D eigenvalue weighted by Crippen LogP contribution is 2.54. The smallest absolute Gasteiger partial charge is 0.305 e. The summed E-state index contributed by atoms with van der Waals surface area (Å²) in [6, 6.07) is 21.1. The van der Waals surface area contributed by atoms with E-state index in [1.54, 1.807) is 48.5 Å². The maximum absolute atomic E-state index is 13.9. The summed E-state index contributed by atoms with van der Waals surface area (Å²) >= 11 is 8.61. The SMILES string of the molecule is Cc1ccccc1NC(=O)COc1ccc(Cl)cc1[C@H]1c2sc(=O)[nH]c2SC2C(=O)N(c3ccccc3)C(=O)C21. The van der Waals surface area contributed by atoms with E-state index in [1.165, 1.54) is 16.7 Å². The average molecular weight is 592 g/mol. The number of hydrogen-bond donors (Lipinski definition) is 2. The molecule has 3 aromatic carbocycles. The van der Waals surface area contributed by atoms with Crippen molar-refractivity contribution < 1.29 is 19.1 Å². The molecule has 2 aliphatic rings. The van der Waals surface area contributed by atoms with Gasteiger partial charge in [0, 0.05) is 27.1 Å². The van der Waals surface area contributed by atoms with Crippen LogP contribution in [0.5, 0.6) is 5.75 Å². The van der Waals surface area contributed by atoms with Crippen LogP contribution in [0.25, 0.3) is 0 Å². The third-order valence-electron chi connectivity index (χ3n) is 6.92. The molecule has 2 unspecified atom stereocenters. The number of para-hydroxylation sites is 2. The molecule has 2 aliphatic heterocycles. The second-order valence-corrected chi connectivity index (χ2v) is 12.0. The molecular weight excluding hydrogens is 570 g/mol. The fourth-order valence-electron chi connectivity index (χ4n) is 5.12. The number of thioether (sulfide) groups is 1. The Hall–Kier alpha value is -3.86. The van der Waals surface area contributed by atoms with Crippen LogP contribution in [-0.4, -0.2) is 34.6 Å². The van der Waals surface area contributed by atoms with E-state index in [2.05, 4.69) is 10.3 Å². The maximum atomic E-state index is 13.9. The highest BCUT2D eigenvalue weighted by molar-refractivity contribution is 8.00. The molecular formula is C29H22ClN3O5S2. The summed E-state index contributed by atoms with van der Waals surface area (Å²) in [4.78, 5) is 57.1. The lowest BCUT2D eigenvalue weighted by molar-refractivity contribution is -0.122. The van der Waals surface area contributed by atoms with Crippen LogP contribution in [-0.2, 0) is 14.4 Å². The first-order chi connectivity index (χ1) is 19.3. The minimum atomic E-state index is -0.807. The fourth-order valence-corrected chi connectivity index (χ4v) is 7.81. The van der Waals surface area contributed by atoms with E-state index in [0.29, 0.717) is 37.6 Å². The second kappa shape index (κ2) is 10.6. The zero-order chi connectivity index (χ0) is 28.0. The molecule has 0 saturated carbocycles. The van der Waals surface area contributed by atoms with E-state index < -0.39 is 17.1 Å². The van der Waals surface area contributed by atoms with Gasteiger partial charge in [-0.25, -0.2) is 4.90 Å². The minimum absolute atomic E-state index is 0.288. The zero-order valence-electron chi connectivity index (χ0n) is 21.1. The number of carbonyl (C=O) groups is 3. The number of nitrogens with one attached hydrogen (secondary N) is 2.